The van der Waals surface area contributed by atoms with Crippen molar-refractivity contribution in [2.45, 2.75) is 52.2 Å². The monoisotopic (exact) mass is 647 g/mol. The van der Waals surface area contributed by atoms with Crippen LogP contribution in [0.5, 0.6) is 0 Å². The minimum absolute atomic E-state index is 0.0712. The predicted molar refractivity (Wildman–Crippen MR) is 165 cm³/mol. The SMILES string of the molecule is CC[C@H](C)NC(=O)[C@H](Cc1ccccc1)N(Cc1cccc(Cl)c1)C(=O)CN(c1ccc(Br)c(C)c1)S(C)(=O)=O. The molecule has 0 saturated carbocycles. The van der Waals surface area contributed by atoms with Crippen molar-refractivity contribution in [1.82, 2.24) is 10.2 Å². The van der Waals surface area contributed by atoms with E-state index in [2.05, 4.69) is 21.2 Å². The molecule has 0 aliphatic carbocycles. The zero-order chi connectivity index (χ0) is 29.4. The van der Waals surface area contributed by atoms with E-state index in [9.17, 15) is 18.0 Å². The highest BCUT2D eigenvalue weighted by molar-refractivity contribution is 9.10. The maximum absolute atomic E-state index is 14.1. The van der Waals surface area contributed by atoms with Gasteiger partial charge in [0.1, 0.15) is 12.6 Å². The Hall–Kier alpha value is -2.88. The largest absolute Gasteiger partial charge is 0.352 e. The molecule has 214 valence electrons. The van der Waals surface area contributed by atoms with Crippen LogP contribution in [-0.4, -0.2) is 50.0 Å². The zero-order valence-electron chi connectivity index (χ0n) is 23.1. The van der Waals surface area contributed by atoms with Gasteiger partial charge in [-0.1, -0.05) is 76.9 Å². The number of halogens is 2. The van der Waals surface area contributed by atoms with Gasteiger partial charge in [0, 0.05) is 28.5 Å². The van der Waals surface area contributed by atoms with Crippen LogP contribution in [0.2, 0.25) is 5.02 Å². The lowest BCUT2D eigenvalue weighted by Crippen LogP contribution is -2.54. The summed E-state index contributed by atoms with van der Waals surface area (Å²) in [6.07, 6.45) is 2.04. The first-order chi connectivity index (χ1) is 18.9. The number of aryl methyl sites for hydroxylation is 1. The van der Waals surface area contributed by atoms with Gasteiger partial charge in [0.15, 0.2) is 0 Å². The first-order valence-electron chi connectivity index (χ1n) is 13.0. The third-order valence-electron chi connectivity index (χ3n) is 6.62. The Bertz CT molecular complexity index is 1440. The van der Waals surface area contributed by atoms with Crippen LogP contribution >= 0.6 is 27.5 Å². The molecule has 0 unspecified atom stereocenters. The standard InChI is InChI=1S/C30H35BrClN3O4S/c1-5-22(3)33-30(37)28(18-23-10-7-6-8-11-23)34(19-24-12-9-13-25(32)17-24)29(36)20-35(40(4,38)39)26-14-15-27(31)21(2)16-26/h6-17,22,28H,5,18-20H2,1-4H3,(H,33,37)/t22-,28-/m0/s1. The van der Waals surface area contributed by atoms with Crippen LogP contribution in [0, 0.1) is 6.92 Å². The second-order valence-corrected chi connectivity index (χ2v) is 13.1. The van der Waals surface area contributed by atoms with Crippen molar-refractivity contribution in [2.75, 3.05) is 17.1 Å². The van der Waals surface area contributed by atoms with Gasteiger partial charge in [-0.05, 0) is 67.3 Å². The molecule has 3 aromatic carbocycles. The van der Waals surface area contributed by atoms with E-state index in [1.807, 2.05) is 57.2 Å². The predicted octanol–water partition coefficient (Wildman–Crippen LogP) is 5.73. The molecule has 0 spiro atoms. The fraction of sp³-hybridized carbons (Fsp3) is 0.333. The Labute approximate surface area is 250 Å². The van der Waals surface area contributed by atoms with Gasteiger partial charge in [0.2, 0.25) is 21.8 Å². The fourth-order valence-electron chi connectivity index (χ4n) is 4.22. The summed E-state index contributed by atoms with van der Waals surface area (Å²) < 4.78 is 27.7. The Morgan fingerprint density at radius 3 is 2.27 bits per heavy atom. The normalized spacial score (nSPS) is 12.8. The number of carbonyl (C=O) groups excluding carboxylic acids is 2. The average molecular weight is 649 g/mol. The number of anilines is 1. The number of nitrogens with one attached hydrogen (secondary N) is 1. The van der Waals surface area contributed by atoms with Gasteiger partial charge in [-0.3, -0.25) is 13.9 Å². The number of nitrogens with zero attached hydrogens (tertiary/aromatic N) is 2. The van der Waals surface area contributed by atoms with Gasteiger partial charge < -0.3 is 10.2 Å². The van der Waals surface area contributed by atoms with Crippen molar-refractivity contribution in [3.8, 4) is 0 Å². The fourth-order valence-corrected chi connectivity index (χ4v) is 5.53. The Kier molecular flexibility index (Phi) is 11.2. The summed E-state index contributed by atoms with van der Waals surface area (Å²) in [5, 5.41) is 3.51. The quantitative estimate of drug-likeness (QED) is 0.272. The van der Waals surface area contributed by atoms with Crippen LogP contribution in [-0.2, 0) is 32.6 Å². The maximum atomic E-state index is 14.1. The first-order valence-corrected chi connectivity index (χ1v) is 16.0. The molecule has 0 radical (unpaired) electrons. The molecule has 0 saturated heterocycles. The minimum Gasteiger partial charge on any atom is -0.352 e. The summed E-state index contributed by atoms with van der Waals surface area (Å²) in [4.78, 5) is 29.2. The van der Waals surface area contributed by atoms with Gasteiger partial charge in [0.05, 0.1) is 11.9 Å². The van der Waals surface area contributed by atoms with Crippen molar-refractivity contribution < 1.29 is 18.0 Å². The van der Waals surface area contributed by atoms with Crippen molar-refractivity contribution in [3.05, 3.63) is 99.0 Å². The molecule has 0 aliphatic heterocycles. The molecule has 0 aliphatic rings. The van der Waals surface area contributed by atoms with Gasteiger partial charge in [-0.2, -0.15) is 0 Å². The maximum Gasteiger partial charge on any atom is 0.244 e. The van der Waals surface area contributed by atoms with Crippen LogP contribution in [0.3, 0.4) is 0 Å². The third-order valence-corrected chi connectivity index (χ3v) is 8.89. The number of rotatable bonds is 12. The number of hydrogen-bond donors (Lipinski definition) is 1. The van der Waals surface area contributed by atoms with Gasteiger partial charge in [0.25, 0.3) is 0 Å². The van der Waals surface area contributed by atoms with Gasteiger partial charge in [-0.25, -0.2) is 8.42 Å². The highest BCUT2D eigenvalue weighted by Gasteiger charge is 2.33. The Balaban J connectivity index is 2.07. The van der Waals surface area contributed by atoms with Crippen molar-refractivity contribution in [3.63, 3.8) is 0 Å². The molecule has 7 nitrogen and oxygen atoms in total. The molecule has 10 heteroatoms. The molecule has 1 N–H and O–H groups in total. The molecule has 0 aromatic heterocycles. The lowest BCUT2D eigenvalue weighted by Gasteiger charge is -2.34. The lowest BCUT2D eigenvalue weighted by molar-refractivity contribution is -0.140. The number of amides is 2. The third kappa shape index (κ3) is 8.81. The number of carbonyl (C=O) groups is 2. The molecular formula is C30H35BrClN3O4S. The zero-order valence-corrected chi connectivity index (χ0v) is 26.3. The molecule has 0 bridgehead atoms. The minimum atomic E-state index is -3.83. The average Bonchev–Trinajstić information content (AvgIpc) is 2.90. The van der Waals surface area contributed by atoms with E-state index in [1.54, 1.807) is 36.4 Å². The van der Waals surface area contributed by atoms with E-state index in [0.717, 1.165) is 38.1 Å². The summed E-state index contributed by atoms with van der Waals surface area (Å²) in [5.74, 6) is -0.815. The summed E-state index contributed by atoms with van der Waals surface area (Å²) >= 11 is 9.68. The summed E-state index contributed by atoms with van der Waals surface area (Å²) in [7, 11) is -3.83. The molecule has 2 amide bonds. The second kappa shape index (κ2) is 14.1. The number of sulfonamides is 1. The molecule has 40 heavy (non-hydrogen) atoms. The van der Waals surface area contributed by atoms with Crippen molar-refractivity contribution >= 4 is 55.1 Å². The van der Waals surface area contributed by atoms with Crippen molar-refractivity contribution in [2.24, 2.45) is 0 Å². The molecule has 2 atom stereocenters. The second-order valence-electron chi connectivity index (χ2n) is 9.88. The lowest BCUT2D eigenvalue weighted by atomic mass is 10.0. The molecule has 0 fully saturated rings. The van der Waals surface area contributed by atoms with Crippen LogP contribution in [0.15, 0.2) is 77.3 Å². The highest BCUT2D eigenvalue weighted by atomic mass is 79.9. The van der Waals surface area contributed by atoms with E-state index in [1.165, 1.54) is 4.90 Å². The van der Waals surface area contributed by atoms with E-state index >= 15 is 0 Å². The van der Waals surface area contributed by atoms with Crippen LogP contribution in [0.4, 0.5) is 5.69 Å². The molecule has 3 rings (SSSR count). The number of benzene rings is 3. The van der Waals surface area contributed by atoms with Crippen molar-refractivity contribution in [1.29, 1.82) is 0 Å². The number of hydrogen-bond acceptors (Lipinski definition) is 4. The molecular weight excluding hydrogens is 614 g/mol. The van der Waals surface area contributed by atoms with E-state index in [4.69, 9.17) is 11.6 Å². The van der Waals surface area contributed by atoms with Crippen LogP contribution in [0.25, 0.3) is 0 Å². The Morgan fingerprint density at radius 2 is 1.68 bits per heavy atom. The highest BCUT2D eigenvalue weighted by Crippen LogP contribution is 2.26. The van der Waals surface area contributed by atoms with Gasteiger partial charge in [-0.15, -0.1) is 0 Å². The first kappa shape index (κ1) is 31.6. The van der Waals surface area contributed by atoms with Crippen LogP contribution in [0.1, 0.15) is 37.0 Å². The molecule has 0 heterocycles. The summed E-state index contributed by atoms with van der Waals surface area (Å²) in [5.41, 5.74) is 2.78. The summed E-state index contributed by atoms with van der Waals surface area (Å²) in [6.45, 7) is 5.32. The van der Waals surface area contributed by atoms with Gasteiger partial charge >= 0.3 is 0 Å². The van der Waals surface area contributed by atoms with Crippen LogP contribution < -0.4 is 9.62 Å². The molecule has 3 aromatic rings. The van der Waals surface area contributed by atoms with E-state index < -0.39 is 28.5 Å². The Morgan fingerprint density at radius 1 is 1.00 bits per heavy atom. The van der Waals surface area contributed by atoms with E-state index in [-0.39, 0.29) is 24.9 Å². The van der Waals surface area contributed by atoms with E-state index in [0.29, 0.717) is 10.7 Å². The smallest absolute Gasteiger partial charge is 0.244 e. The topological polar surface area (TPSA) is 86.8 Å². The summed E-state index contributed by atoms with van der Waals surface area (Å²) in [6, 6.07) is 20.6.